The summed E-state index contributed by atoms with van der Waals surface area (Å²) in [5.41, 5.74) is -0.964. The Kier molecular flexibility index (Phi) is 14.2. The molecule has 0 saturated heterocycles. The molecule has 1 unspecified atom stereocenters. The summed E-state index contributed by atoms with van der Waals surface area (Å²) in [6.45, 7) is 2.00. The molecule has 9 nitrogen and oxygen atoms in total. The van der Waals surface area contributed by atoms with E-state index in [9.17, 15) is 14.3 Å². The van der Waals surface area contributed by atoms with Gasteiger partial charge in [-0.15, -0.1) is 0 Å². The summed E-state index contributed by atoms with van der Waals surface area (Å²) in [6, 6.07) is 0. The third-order valence-electron chi connectivity index (χ3n) is 4.46. The minimum absolute atomic E-state index is 0.162. The molecule has 0 heterocycles. The van der Waals surface area contributed by atoms with Gasteiger partial charge in [0.1, 0.15) is 13.2 Å². The number of phosphoric ester groups is 1. The lowest BCUT2D eigenvalue weighted by molar-refractivity contribution is -0.870. The van der Waals surface area contributed by atoms with E-state index in [0.29, 0.717) is 23.9 Å². The number of unbranched alkanes of at least 4 members (excludes halogenated alkanes) is 6. The highest BCUT2D eigenvalue weighted by molar-refractivity contribution is 7.47. The van der Waals surface area contributed by atoms with E-state index in [1.807, 2.05) is 21.1 Å². The first-order valence-electron chi connectivity index (χ1n) is 10.4. The van der Waals surface area contributed by atoms with Gasteiger partial charge in [-0.05, 0) is 19.8 Å². The van der Waals surface area contributed by atoms with Crippen molar-refractivity contribution in [3.63, 3.8) is 0 Å². The zero-order valence-corrected chi connectivity index (χ0v) is 19.5. The van der Waals surface area contributed by atoms with Gasteiger partial charge in [0.05, 0.1) is 46.5 Å². The normalized spacial score (nSPS) is 14.6. The van der Waals surface area contributed by atoms with Crippen molar-refractivity contribution in [3.8, 4) is 0 Å². The van der Waals surface area contributed by atoms with Crippen LogP contribution in [0.5, 0.6) is 0 Å². The predicted octanol–water partition coefficient (Wildman–Crippen LogP) is 1.81. The maximum absolute atomic E-state index is 11.8. The Balaban J connectivity index is 3.60. The monoisotopic (exact) mass is 441 g/mol. The van der Waals surface area contributed by atoms with Crippen LogP contribution in [0, 0.1) is 0 Å². The van der Waals surface area contributed by atoms with Crippen LogP contribution in [0.15, 0.2) is 0 Å². The number of phosphoric acid groups is 1. The molecule has 4 N–H and O–H groups in total. The summed E-state index contributed by atoms with van der Waals surface area (Å²) >= 11 is 0. The quantitative estimate of drug-likeness (QED) is 0.145. The molecule has 29 heavy (non-hydrogen) atoms. The number of quaternary nitrogens is 1. The van der Waals surface area contributed by atoms with E-state index >= 15 is 0 Å². The molecule has 0 rings (SSSR count). The van der Waals surface area contributed by atoms with Crippen molar-refractivity contribution in [1.82, 2.24) is 5.32 Å². The molecule has 0 aromatic carbocycles. The van der Waals surface area contributed by atoms with Gasteiger partial charge in [-0.25, -0.2) is 4.57 Å². The molecular weight excluding hydrogens is 399 g/mol. The number of hydrogen-bond acceptors (Lipinski definition) is 6. The predicted molar refractivity (Wildman–Crippen MR) is 112 cm³/mol. The smallest absolute Gasteiger partial charge is 0.394 e. The minimum Gasteiger partial charge on any atom is -0.394 e. The van der Waals surface area contributed by atoms with E-state index in [1.165, 1.54) is 0 Å². The molecular formula is C19H42N2O7P+. The van der Waals surface area contributed by atoms with Crippen LogP contribution >= 0.6 is 7.82 Å². The van der Waals surface area contributed by atoms with Gasteiger partial charge in [-0.1, -0.05) is 32.1 Å². The number of aliphatic hydroxyl groups is 2. The third-order valence-corrected chi connectivity index (χ3v) is 5.48. The Labute approximate surface area is 175 Å². The number of rotatable bonds is 18. The van der Waals surface area contributed by atoms with Crippen LogP contribution in [0.25, 0.3) is 0 Å². The van der Waals surface area contributed by atoms with Gasteiger partial charge in [0.2, 0.25) is 5.91 Å². The van der Waals surface area contributed by atoms with Crippen molar-refractivity contribution in [2.24, 2.45) is 0 Å². The first kappa shape index (κ1) is 28.5. The second-order valence-electron chi connectivity index (χ2n) is 8.80. The molecule has 0 radical (unpaired) electrons. The standard InChI is InChI=1S/C19H41N2O7P/c1-19(16-22,17-23)20-18(24)12-10-8-6-5-7-9-11-14-27-29(25,26)28-15-13-21(2,3)4/h22-23H,5-17H2,1-4H3,(H-,20,24,25,26)/p+1. The molecule has 0 saturated carbocycles. The highest BCUT2D eigenvalue weighted by Gasteiger charge is 2.24. The summed E-state index contributed by atoms with van der Waals surface area (Å²) in [5, 5.41) is 21.0. The molecule has 10 heteroatoms. The summed E-state index contributed by atoms with van der Waals surface area (Å²) in [7, 11) is 1.98. The molecule has 1 amide bonds. The van der Waals surface area contributed by atoms with Gasteiger partial charge in [-0.3, -0.25) is 13.8 Å². The van der Waals surface area contributed by atoms with E-state index < -0.39 is 13.4 Å². The summed E-state index contributed by atoms with van der Waals surface area (Å²) in [5.74, 6) is -0.162. The van der Waals surface area contributed by atoms with Gasteiger partial charge in [-0.2, -0.15) is 0 Å². The lowest BCUT2D eigenvalue weighted by Gasteiger charge is -2.26. The van der Waals surface area contributed by atoms with Gasteiger partial charge < -0.3 is 24.9 Å². The maximum atomic E-state index is 11.8. The average Bonchev–Trinajstić information content (AvgIpc) is 2.61. The van der Waals surface area contributed by atoms with Crippen LogP contribution < -0.4 is 5.32 Å². The first-order valence-corrected chi connectivity index (χ1v) is 11.9. The van der Waals surface area contributed by atoms with Crippen molar-refractivity contribution >= 4 is 13.7 Å². The van der Waals surface area contributed by atoms with Crippen LogP contribution in [-0.2, 0) is 18.4 Å². The van der Waals surface area contributed by atoms with E-state index in [4.69, 9.17) is 19.3 Å². The lowest BCUT2D eigenvalue weighted by Crippen LogP contribution is -2.51. The highest BCUT2D eigenvalue weighted by atomic mass is 31.2. The van der Waals surface area contributed by atoms with Crippen molar-refractivity contribution in [2.75, 3.05) is 54.1 Å². The Morgan fingerprint density at radius 1 is 0.931 bits per heavy atom. The van der Waals surface area contributed by atoms with Crippen LogP contribution in [0.1, 0.15) is 58.3 Å². The number of nitrogens with one attached hydrogen (secondary N) is 1. The fourth-order valence-corrected chi connectivity index (χ4v) is 3.19. The Bertz CT molecular complexity index is 493. The maximum Gasteiger partial charge on any atom is 0.472 e. The van der Waals surface area contributed by atoms with E-state index in [1.54, 1.807) is 6.92 Å². The summed E-state index contributed by atoms with van der Waals surface area (Å²) in [6.07, 6.45) is 6.73. The SMILES string of the molecule is CC(CO)(CO)NC(=O)CCCCCCCCCOP(=O)(O)OCC[N+](C)(C)C. The number of carbonyl (C=O) groups is 1. The van der Waals surface area contributed by atoms with E-state index in [2.05, 4.69) is 5.32 Å². The number of carbonyl (C=O) groups excluding carboxylic acids is 1. The second-order valence-corrected chi connectivity index (χ2v) is 10.3. The first-order chi connectivity index (χ1) is 13.4. The van der Waals surface area contributed by atoms with Crippen LogP contribution in [0.2, 0.25) is 0 Å². The molecule has 0 aliphatic heterocycles. The zero-order valence-electron chi connectivity index (χ0n) is 18.6. The Hall–Kier alpha value is -0.540. The van der Waals surface area contributed by atoms with Gasteiger partial charge in [0, 0.05) is 6.42 Å². The number of amides is 1. The van der Waals surface area contributed by atoms with Gasteiger partial charge in [0.15, 0.2) is 0 Å². The molecule has 0 spiro atoms. The molecule has 0 bridgehead atoms. The zero-order chi connectivity index (χ0) is 22.4. The highest BCUT2D eigenvalue weighted by Crippen LogP contribution is 2.43. The summed E-state index contributed by atoms with van der Waals surface area (Å²) in [4.78, 5) is 21.4. The molecule has 0 fully saturated rings. The fourth-order valence-electron chi connectivity index (χ4n) is 2.45. The van der Waals surface area contributed by atoms with Crippen molar-refractivity contribution in [3.05, 3.63) is 0 Å². The number of likely N-dealkylation sites (N-methyl/N-ethyl adjacent to an activating group) is 1. The van der Waals surface area contributed by atoms with Gasteiger partial charge >= 0.3 is 7.82 Å². The number of aliphatic hydroxyl groups excluding tert-OH is 2. The number of hydrogen-bond donors (Lipinski definition) is 4. The largest absolute Gasteiger partial charge is 0.472 e. The van der Waals surface area contributed by atoms with E-state index in [-0.39, 0.29) is 32.3 Å². The van der Waals surface area contributed by atoms with Gasteiger partial charge in [0.25, 0.3) is 0 Å². The van der Waals surface area contributed by atoms with Crippen LogP contribution in [0.4, 0.5) is 0 Å². The molecule has 0 aromatic heterocycles. The fraction of sp³-hybridized carbons (Fsp3) is 0.947. The average molecular weight is 442 g/mol. The topological polar surface area (TPSA) is 125 Å². The van der Waals surface area contributed by atoms with Crippen LogP contribution in [-0.4, -0.2) is 85.2 Å². The Morgan fingerprint density at radius 2 is 1.41 bits per heavy atom. The number of nitrogens with zero attached hydrogens (tertiary/aromatic N) is 1. The lowest BCUT2D eigenvalue weighted by atomic mass is 10.0. The second kappa shape index (κ2) is 14.5. The molecule has 0 aromatic rings. The van der Waals surface area contributed by atoms with Crippen molar-refractivity contribution in [1.29, 1.82) is 0 Å². The van der Waals surface area contributed by atoms with Crippen molar-refractivity contribution in [2.45, 2.75) is 63.8 Å². The Morgan fingerprint density at radius 3 is 1.93 bits per heavy atom. The molecule has 1 atom stereocenters. The molecule has 174 valence electrons. The molecule has 0 aliphatic carbocycles. The minimum atomic E-state index is -3.96. The summed E-state index contributed by atoms with van der Waals surface area (Å²) < 4.78 is 22.3. The third kappa shape index (κ3) is 16.9. The van der Waals surface area contributed by atoms with Crippen molar-refractivity contribution < 1.29 is 38.0 Å². The molecule has 0 aliphatic rings. The van der Waals surface area contributed by atoms with Crippen LogP contribution in [0.3, 0.4) is 0 Å². The van der Waals surface area contributed by atoms with E-state index in [0.717, 1.165) is 38.5 Å².